The number of hydrogen-bond acceptors (Lipinski definition) is 7. The van der Waals surface area contributed by atoms with Crippen LogP contribution in [0.15, 0.2) is 41.3 Å². The monoisotopic (exact) mass is 497 g/mol. The number of ether oxygens (including phenoxy) is 3. The molecule has 12 heteroatoms. The molecule has 0 spiro atoms. The molecule has 33 heavy (non-hydrogen) atoms. The second-order valence-electron chi connectivity index (χ2n) is 7.01. The molecule has 3 rings (SSSR count). The van der Waals surface area contributed by atoms with Gasteiger partial charge in [0, 0.05) is 30.5 Å². The summed E-state index contributed by atoms with van der Waals surface area (Å²) in [5.41, 5.74) is 4.71. The molecule has 0 radical (unpaired) electrons. The molecule has 1 aliphatic heterocycles. The predicted molar refractivity (Wildman–Crippen MR) is 120 cm³/mol. The van der Waals surface area contributed by atoms with Crippen molar-refractivity contribution in [1.82, 2.24) is 15.6 Å². The van der Waals surface area contributed by atoms with Crippen molar-refractivity contribution < 1.29 is 32.2 Å². The molecule has 1 aliphatic rings. The summed E-state index contributed by atoms with van der Waals surface area (Å²) >= 11 is 5.90. The van der Waals surface area contributed by atoms with Crippen molar-refractivity contribution in [3.63, 3.8) is 0 Å². The summed E-state index contributed by atoms with van der Waals surface area (Å²) in [4.78, 5) is 24.3. The summed E-state index contributed by atoms with van der Waals surface area (Å²) < 4.78 is 43.6. The van der Waals surface area contributed by atoms with E-state index in [0.717, 1.165) is 0 Å². The van der Waals surface area contributed by atoms with Gasteiger partial charge in [0.2, 0.25) is 15.9 Å². The van der Waals surface area contributed by atoms with Crippen molar-refractivity contribution in [3.05, 3.63) is 47.0 Å². The van der Waals surface area contributed by atoms with Crippen LogP contribution in [0.4, 0.5) is 0 Å². The van der Waals surface area contributed by atoms with E-state index in [1.807, 2.05) is 0 Å². The van der Waals surface area contributed by atoms with Crippen LogP contribution in [0.3, 0.4) is 0 Å². The first kappa shape index (κ1) is 24.6. The Labute approximate surface area is 196 Å². The van der Waals surface area contributed by atoms with E-state index in [9.17, 15) is 18.0 Å². The maximum atomic E-state index is 12.5. The minimum absolute atomic E-state index is 0.0172. The molecule has 0 saturated heterocycles. The number of amides is 2. The number of sulfonamides is 1. The van der Waals surface area contributed by atoms with Gasteiger partial charge in [0.05, 0.1) is 30.8 Å². The largest absolute Gasteiger partial charge is 0.496 e. The number of benzene rings is 2. The average Bonchev–Trinajstić information content (AvgIpc) is 3.05. The SMILES string of the molecule is COc1ccc(Cl)cc1C(=O)NNC(=O)CCCNS(=O)(=O)c1ccc2c(c1)OCCCO2. The minimum atomic E-state index is -3.79. The summed E-state index contributed by atoms with van der Waals surface area (Å²) in [5.74, 6) is 0.0923. The molecule has 0 unspecified atom stereocenters. The van der Waals surface area contributed by atoms with Gasteiger partial charge in [0.15, 0.2) is 11.5 Å². The van der Waals surface area contributed by atoms with Gasteiger partial charge < -0.3 is 14.2 Å². The highest BCUT2D eigenvalue weighted by Crippen LogP contribution is 2.31. The van der Waals surface area contributed by atoms with Crippen LogP contribution in [0.1, 0.15) is 29.6 Å². The number of nitrogens with one attached hydrogen (secondary N) is 3. The third kappa shape index (κ3) is 6.73. The molecule has 0 aromatic heterocycles. The molecule has 1 heterocycles. The Bertz CT molecular complexity index is 1120. The number of halogens is 1. The van der Waals surface area contributed by atoms with E-state index in [0.29, 0.717) is 41.9 Å². The molecule has 2 aromatic carbocycles. The Hall–Kier alpha value is -3.02. The van der Waals surface area contributed by atoms with E-state index in [2.05, 4.69) is 15.6 Å². The zero-order valence-electron chi connectivity index (χ0n) is 17.9. The summed E-state index contributed by atoms with van der Waals surface area (Å²) in [6.45, 7) is 0.979. The standard InChI is InChI=1S/C21H24ClN3O7S/c1-30-17-7-5-14(22)12-16(17)21(27)25-24-20(26)4-2-9-23-33(28,29)15-6-8-18-19(13-15)32-11-3-10-31-18/h5-8,12-13,23H,2-4,9-11H2,1H3,(H,24,26)(H,25,27). The first-order valence-corrected chi connectivity index (χ1v) is 12.0. The maximum absolute atomic E-state index is 12.5. The summed E-state index contributed by atoms with van der Waals surface area (Å²) in [6, 6.07) is 8.92. The van der Waals surface area contributed by atoms with Crippen molar-refractivity contribution in [1.29, 1.82) is 0 Å². The second-order valence-corrected chi connectivity index (χ2v) is 9.21. The molecule has 178 valence electrons. The van der Waals surface area contributed by atoms with Crippen molar-refractivity contribution in [2.45, 2.75) is 24.2 Å². The molecule has 0 bridgehead atoms. The molecule has 0 saturated carbocycles. The highest BCUT2D eigenvalue weighted by molar-refractivity contribution is 7.89. The van der Waals surface area contributed by atoms with Gasteiger partial charge in [0.1, 0.15) is 5.75 Å². The van der Waals surface area contributed by atoms with Crippen LogP contribution in [-0.2, 0) is 14.8 Å². The third-order valence-corrected chi connectivity index (χ3v) is 6.32. The van der Waals surface area contributed by atoms with Crippen LogP contribution in [0.5, 0.6) is 17.2 Å². The summed E-state index contributed by atoms with van der Waals surface area (Å²) in [6.07, 6.45) is 0.909. The van der Waals surface area contributed by atoms with Gasteiger partial charge in [0.25, 0.3) is 5.91 Å². The van der Waals surface area contributed by atoms with E-state index < -0.39 is 21.8 Å². The lowest BCUT2D eigenvalue weighted by Crippen LogP contribution is -2.42. The van der Waals surface area contributed by atoms with Gasteiger partial charge in [-0.1, -0.05) is 11.6 Å². The molecule has 3 N–H and O–H groups in total. The molecular weight excluding hydrogens is 474 g/mol. The highest BCUT2D eigenvalue weighted by Gasteiger charge is 2.19. The fourth-order valence-electron chi connectivity index (χ4n) is 2.96. The molecule has 0 atom stereocenters. The van der Waals surface area contributed by atoms with Gasteiger partial charge in [-0.2, -0.15) is 0 Å². The molecule has 2 aromatic rings. The first-order chi connectivity index (χ1) is 15.8. The zero-order valence-corrected chi connectivity index (χ0v) is 19.4. The van der Waals surface area contributed by atoms with Gasteiger partial charge in [-0.05, 0) is 36.8 Å². The van der Waals surface area contributed by atoms with Crippen LogP contribution >= 0.6 is 11.6 Å². The Kier molecular flexibility index (Phi) is 8.37. The summed E-state index contributed by atoms with van der Waals surface area (Å²) in [5, 5.41) is 0.341. The summed E-state index contributed by atoms with van der Waals surface area (Å²) in [7, 11) is -2.38. The lowest BCUT2D eigenvalue weighted by Gasteiger charge is -2.12. The second kappa shape index (κ2) is 11.2. The number of carbonyl (C=O) groups excluding carboxylic acids is 2. The fraction of sp³-hybridized carbons (Fsp3) is 0.333. The number of fused-ring (bicyclic) bond motifs is 1. The number of rotatable bonds is 8. The van der Waals surface area contributed by atoms with Crippen molar-refractivity contribution >= 4 is 33.4 Å². The highest BCUT2D eigenvalue weighted by atomic mass is 35.5. The van der Waals surface area contributed by atoms with Crippen molar-refractivity contribution in [3.8, 4) is 17.2 Å². The number of hydrogen-bond donors (Lipinski definition) is 3. The van der Waals surface area contributed by atoms with Crippen molar-refractivity contribution in [2.75, 3.05) is 26.9 Å². The van der Waals surface area contributed by atoms with Gasteiger partial charge >= 0.3 is 0 Å². The van der Waals surface area contributed by atoms with Gasteiger partial charge in [-0.15, -0.1) is 0 Å². The topological polar surface area (TPSA) is 132 Å². The van der Waals surface area contributed by atoms with Crippen LogP contribution < -0.4 is 29.8 Å². The molecule has 10 nitrogen and oxygen atoms in total. The smallest absolute Gasteiger partial charge is 0.273 e. The van der Waals surface area contributed by atoms with Gasteiger partial charge in [-0.3, -0.25) is 20.4 Å². The van der Waals surface area contributed by atoms with Crippen LogP contribution in [0, 0.1) is 0 Å². The Morgan fingerprint density at radius 1 is 1.06 bits per heavy atom. The van der Waals surface area contributed by atoms with E-state index in [1.165, 1.54) is 31.4 Å². The molecule has 0 fully saturated rings. The minimum Gasteiger partial charge on any atom is -0.496 e. The van der Waals surface area contributed by atoms with Gasteiger partial charge in [-0.25, -0.2) is 13.1 Å². The average molecular weight is 498 g/mol. The van der Waals surface area contributed by atoms with Crippen molar-refractivity contribution in [2.24, 2.45) is 0 Å². The van der Waals surface area contributed by atoms with E-state index in [1.54, 1.807) is 12.1 Å². The number of hydrazine groups is 1. The van der Waals surface area contributed by atoms with Crippen LogP contribution in [0.25, 0.3) is 0 Å². The fourth-order valence-corrected chi connectivity index (χ4v) is 4.22. The predicted octanol–water partition coefficient (Wildman–Crippen LogP) is 2.03. The van der Waals surface area contributed by atoms with E-state index >= 15 is 0 Å². The maximum Gasteiger partial charge on any atom is 0.273 e. The normalized spacial score (nSPS) is 13.0. The number of methoxy groups -OCH3 is 1. The van der Waals surface area contributed by atoms with Crippen LogP contribution in [-0.4, -0.2) is 47.1 Å². The number of carbonyl (C=O) groups is 2. The van der Waals surface area contributed by atoms with E-state index in [-0.39, 0.29) is 29.8 Å². The first-order valence-electron chi connectivity index (χ1n) is 10.1. The van der Waals surface area contributed by atoms with E-state index in [4.69, 9.17) is 25.8 Å². The van der Waals surface area contributed by atoms with Crippen LogP contribution in [0.2, 0.25) is 5.02 Å². The lowest BCUT2D eigenvalue weighted by atomic mass is 10.2. The third-order valence-electron chi connectivity index (χ3n) is 4.62. The Morgan fingerprint density at radius 2 is 1.82 bits per heavy atom. The zero-order chi connectivity index (χ0) is 23.8. The molecule has 0 aliphatic carbocycles. The quantitative estimate of drug-likeness (QED) is 0.375. The molecule has 2 amide bonds. The Morgan fingerprint density at radius 3 is 2.58 bits per heavy atom. The Balaban J connectivity index is 1.45. The lowest BCUT2D eigenvalue weighted by molar-refractivity contribution is -0.121. The molecular formula is C21H24ClN3O7S.